The van der Waals surface area contributed by atoms with E-state index < -0.39 is 5.97 Å². The summed E-state index contributed by atoms with van der Waals surface area (Å²) >= 11 is 8.43. The van der Waals surface area contributed by atoms with E-state index >= 15 is 0 Å². The quantitative estimate of drug-likeness (QED) is 0.788. The molecule has 0 fully saturated rings. The van der Waals surface area contributed by atoms with Gasteiger partial charge in [-0.15, -0.1) is 11.3 Å². The molecule has 0 atom stereocenters. The molecule has 1 aromatic heterocycles. The average Bonchev–Trinajstić information content (AvgIpc) is 2.83. The van der Waals surface area contributed by atoms with E-state index in [1.807, 2.05) is 0 Å². The van der Waals surface area contributed by atoms with E-state index in [9.17, 15) is 9.59 Å². The summed E-state index contributed by atoms with van der Waals surface area (Å²) in [5, 5.41) is 13.6. The van der Waals surface area contributed by atoms with Crippen molar-refractivity contribution in [2.45, 2.75) is 10.8 Å². The predicted octanol–water partition coefficient (Wildman–Crippen LogP) is 3.15. The Morgan fingerprint density at radius 2 is 2.24 bits per heavy atom. The molecule has 0 radical (unpaired) electrons. The van der Waals surface area contributed by atoms with Gasteiger partial charge in [0.15, 0.2) is 4.34 Å². The van der Waals surface area contributed by atoms with Crippen LogP contribution in [0.25, 0.3) is 0 Å². The summed E-state index contributed by atoms with van der Waals surface area (Å²) in [4.78, 5) is 26.5. The Morgan fingerprint density at radius 3 is 2.95 bits per heavy atom. The molecule has 1 aromatic carbocycles. The molecule has 8 heteroatoms. The number of carbonyl (C=O) groups excluding carboxylic acids is 1. The number of benzene rings is 1. The molecule has 0 aliphatic heterocycles. The summed E-state index contributed by atoms with van der Waals surface area (Å²) in [6.45, 7) is 0. The zero-order chi connectivity index (χ0) is 15.2. The van der Waals surface area contributed by atoms with Gasteiger partial charge >= 0.3 is 5.97 Å². The van der Waals surface area contributed by atoms with Crippen molar-refractivity contribution in [2.75, 3.05) is 11.1 Å². The number of hydrogen-bond acceptors (Lipinski definition) is 5. The molecule has 110 valence electrons. The second-order valence-electron chi connectivity index (χ2n) is 4.02. The number of carboxylic acid groups (broad SMARTS) is 1. The van der Waals surface area contributed by atoms with Crippen molar-refractivity contribution in [3.8, 4) is 0 Å². The van der Waals surface area contributed by atoms with Gasteiger partial charge in [0.25, 0.3) is 0 Å². The van der Waals surface area contributed by atoms with E-state index in [1.165, 1.54) is 23.1 Å². The molecule has 0 saturated heterocycles. The molecule has 2 aromatic rings. The van der Waals surface area contributed by atoms with Crippen LogP contribution in [0.1, 0.15) is 5.69 Å². The maximum atomic E-state index is 11.8. The van der Waals surface area contributed by atoms with Crippen LogP contribution in [-0.4, -0.2) is 27.7 Å². The second-order valence-corrected chi connectivity index (χ2v) is 6.54. The Balaban J connectivity index is 1.83. The monoisotopic (exact) mass is 342 g/mol. The predicted molar refractivity (Wildman–Crippen MR) is 84.3 cm³/mol. The fourth-order valence-corrected chi connectivity index (χ4v) is 3.32. The highest BCUT2D eigenvalue weighted by Gasteiger charge is 2.09. The smallest absolute Gasteiger partial charge is 0.309 e. The van der Waals surface area contributed by atoms with E-state index in [0.29, 0.717) is 20.7 Å². The van der Waals surface area contributed by atoms with Crippen LogP contribution < -0.4 is 5.32 Å². The van der Waals surface area contributed by atoms with E-state index in [-0.39, 0.29) is 18.1 Å². The van der Waals surface area contributed by atoms with Gasteiger partial charge in [-0.3, -0.25) is 9.59 Å². The van der Waals surface area contributed by atoms with E-state index in [0.717, 1.165) is 0 Å². The van der Waals surface area contributed by atoms with E-state index in [1.54, 1.807) is 29.6 Å². The molecule has 0 unspecified atom stereocenters. The Morgan fingerprint density at radius 1 is 1.43 bits per heavy atom. The molecule has 0 bridgehead atoms. The lowest BCUT2D eigenvalue weighted by Gasteiger charge is -2.04. The Kier molecular flexibility index (Phi) is 5.60. The van der Waals surface area contributed by atoms with Crippen molar-refractivity contribution < 1.29 is 14.7 Å². The molecule has 0 aliphatic carbocycles. The highest BCUT2D eigenvalue weighted by atomic mass is 35.5. The molecule has 0 spiro atoms. The summed E-state index contributed by atoms with van der Waals surface area (Å²) < 4.78 is 0.674. The Hall–Kier alpha value is -1.57. The molecule has 2 N–H and O–H groups in total. The number of amides is 1. The number of halogens is 1. The number of carbonyl (C=O) groups is 2. The van der Waals surface area contributed by atoms with Gasteiger partial charge < -0.3 is 10.4 Å². The molecule has 5 nitrogen and oxygen atoms in total. The minimum absolute atomic E-state index is 0.105. The molecular formula is C13H11ClN2O3S2. The summed E-state index contributed by atoms with van der Waals surface area (Å²) in [5.41, 5.74) is 1.14. The van der Waals surface area contributed by atoms with Crippen molar-refractivity contribution >= 4 is 52.3 Å². The molecule has 2 rings (SSSR count). The number of nitrogens with one attached hydrogen (secondary N) is 1. The van der Waals surface area contributed by atoms with Gasteiger partial charge in [-0.1, -0.05) is 29.4 Å². The van der Waals surface area contributed by atoms with Crippen LogP contribution in [0.15, 0.2) is 34.0 Å². The van der Waals surface area contributed by atoms with Gasteiger partial charge in [0, 0.05) is 16.1 Å². The largest absolute Gasteiger partial charge is 0.481 e. The lowest BCUT2D eigenvalue weighted by atomic mass is 10.3. The molecular weight excluding hydrogens is 332 g/mol. The number of thioether (sulfide) groups is 1. The molecule has 21 heavy (non-hydrogen) atoms. The van der Waals surface area contributed by atoms with Gasteiger partial charge in [0.1, 0.15) is 0 Å². The lowest BCUT2D eigenvalue weighted by Crippen LogP contribution is -2.13. The van der Waals surface area contributed by atoms with Crippen molar-refractivity contribution in [3.05, 3.63) is 40.4 Å². The first-order valence-corrected chi connectivity index (χ1v) is 8.11. The highest BCUT2D eigenvalue weighted by Crippen LogP contribution is 2.23. The van der Waals surface area contributed by atoms with E-state index in [2.05, 4.69) is 10.3 Å². The Labute approximate surface area is 134 Å². The molecule has 0 saturated carbocycles. The first-order valence-electron chi connectivity index (χ1n) is 5.87. The zero-order valence-corrected chi connectivity index (χ0v) is 13.1. The van der Waals surface area contributed by atoms with Gasteiger partial charge in [-0.25, -0.2) is 4.98 Å². The topological polar surface area (TPSA) is 79.3 Å². The molecule has 1 heterocycles. The summed E-state index contributed by atoms with van der Waals surface area (Å²) in [6, 6.07) is 6.90. The number of rotatable bonds is 6. The van der Waals surface area contributed by atoms with E-state index in [4.69, 9.17) is 16.7 Å². The summed E-state index contributed by atoms with van der Waals surface area (Å²) in [6.07, 6.45) is -0.105. The minimum atomic E-state index is -0.921. The SMILES string of the molecule is O=C(O)Cc1csc(SCC(=O)Nc2cccc(Cl)c2)n1. The molecule has 0 aliphatic rings. The van der Waals surface area contributed by atoms with Crippen LogP contribution in [0.4, 0.5) is 5.69 Å². The number of aliphatic carboxylic acids is 1. The summed E-state index contributed by atoms with van der Waals surface area (Å²) in [7, 11) is 0. The van der Waals surface area contributed by atoms with Gasteiger partial charge in [0.05, 0.1) is 17.9 Å². The number of aromatic nitrogens is 1. The second kappa shape index (κ2) is 7.44. The maximum Gasteiger partial charge on any atom is 0.309 e. The van der Waals surface area contributed by atoms with Crippen LogP contribution in [0.3, 0.4) is 0 Å². The van der Waals surface area contributed by atoms with Crippen LogP contribution in [0.5, 0.6) is 0 Å². The number of thiazole rings is 1. The number of hydrogen-bond donors (Lipinski definition) is 2. The van der Waals surface area contributed by atoms with Crippen molar-refractivity contribution in [2.24, 2.45) is 0 Å². The van der Waals surface area contributed by atoms with Gasteiger partial charge in [0.2, 0.25) is 5.91 Å². The number of carboxylic acids is 1. The normalized spacial score (nSPS) is 10.3. The van der Waals surface area contributed by atoms with Crippen LogP contribution in [-0.2, 0) is 16.0 Å². The third-order valence-electron chi connectivity index (χ3n) is 2.30. The number of nitrogens with zero attached hydrogens (tertiary/aromatic N) is 1. The minimum Gasteiger partial charge on any atom is -0.481 e. The fourth-order valence-electron chi connectivity index (χ4n) is 1.48. The third-order valence-corrected chi connectivity index (χ3v) is 4.60. The van der Waals surface area contributed by atoms with Crippen LogP contribution in [0.2, 0.25) is 5.02 Å². The van der Waals surface area contributed by atoms with Gasteiger partial charge in [-0.2, -0.15) is 0 Å². The van der Waals surface area contributed by atoms with Crippen molar-refractivity contribution in [1.82, 2.24) is 4.98 Å². The molecule has 1 amide bonds. The third kappa shape index (κ3) is 5.37. The van der Waals surface area contributed by atoms with Crippen LogP contribution >= 0.6 is 34.7 Å². The Bertz CT molecular complexity index is 660. The highest BCUT2D eigenvalue weighted by molar-refractivity contribution is 8.01. The first kappa shape index (κ1) is 15.8. The maximum absolute atomic E-state index is 11.8. The van der Waals surface area contributed by atoms with Crippen molar-refractivity contribution in [3.63, 3.8) is 0 Å². The summed E-state index contributed by atoms with van der Waals surface area (Å²) in [5.74, 6) is -0.889. The zero-order valence-electron chi connectivity index (χ0n) is 10.7. The van der Waals surface area contributed by atoms with Gasteiger partial charge in [-0.05, 0) is 18.2 Å². The lowest BCUT2D eigenvalue weighted by molar-refractivity contribution is -0.136. The standard InChI is InChI=1S/C13H11ClN2O3S2/c14-8-2-1-3-9(4-8)15-11(17)7-21-13-16-10(6-20-13)5-12(18)19/h1-4,6H,5,7H2,(H,15,17)(H,18,19). The first-order chi connectivity index (χ1) is 10.0. The number of anilines is 1. The fraction of sp³-hybridized carbons (Fsp3) is 0.154. The van der Waals surface area contributed by atoms with Crippen LogP contribution in [0, 0.1) is 0 Å². The average molecular weight is 343 g/mol. The van der Waals surface area contributed by atoms with Crippen molar-refractivity contribution in [1.29, 1.82) is 0 Å².